The van der Waals surface area contributed by atoms with E-state index in [-0.39, 0.29) is 24.2 Å². The van der Waals surface area contributed by atoms with E-state index >= 15 is 0 Å². The predicted molar refractivity (Wildman–Crippen MR) is 103 cm³/mol. The molecular formula is C20H21ClN2O2. The van der Waals surface area contributed by atoms with Gasteiger partial charge in [-0.25, -0.2) is 0 Å². The third-order valence-electron chi connectivity index (χ3n) is 4.57. The molecule has 1 aliphatic heterocycles. The maximum atomic E-state index is 12.3. The first-order chi connectivity index (χ1) is 11.8. The Morgan fingerprint density at radius 1 is 1.04 bits per heavy atom. The van der Waals surface area contributed by atoms with Crippen LogP contribution in [0.1, 0.15) is 12.8 Å². The lowest BCUT2D eigenvalue weighted by molar-refractivity contribution is -0.120. The van der Waals surface area contributed by atoms with Crippen LogP contribution in [0.2, 0.25) is 0 Å². The van der Waals surface area contributed by atoms with Crippen molar-refractivity contribution in [2.75, 3.05) is 18.4 Å². The van der Waals surface area contributed by atoms with Crippen LogP contribution < -0.4 is 10.6 Å². The Morgan fingerprint density at radius 3 is 2.48 bits per heavy atom. The van der Waals surface area contributed by atoms with Gasteiger partial charge in [0.1, 0.15) is 11.3 Å². The number of carbonyl (C=O) groups excluding carboxylic acids is 1. The van der Waals surface area contributed by atoms with Crippen molar-refractivity contribution in [1.29, 1.82) is 0 Å². The molecule has 1 fully saturated rings. The molecule has 4 rings (SSSR count). The number of halogens is 1. The van der Waals surface area contributed by atoms with Crippen molar-refractivity contribution in [3.05, 3.63) is 54.6 Å². The summed E-state index contributed by atoms with van der Waals surface area (Å²) in [6.45, 7) is 1.84. The van der Waals surface area contributed by atoms with Crippen LogP contribution in [0.25, 0.3) is 22.3 Å². The van der Waals surface area contributed by atoms with Crippen molar-refractivity contribution >= 4 is 35.0 Å². The first-order valence-corrected chi connectivity index (χ1v) is 8.40. The van der Waals surface area contributed by atoms with Crippen LogP contribution in [-0.4, -0.2) is 19.0 Å². The average Bonchev–Trinajstić information content (AvgIpc) is 3.07. The van der Waals surface area contributed by atoms with Crippen molar-refractivity contribution in [3.63, 3.8) is 0 Å². The topological polar surface area (TPSA) is 54.3 Å². The largest absolute Gasteiger partial charge is 0.456 e. The quantitative estimate of drug-likeness (QED) is 0.728. The molecule has 0 radical (unpaired) electrons. The molecule has 4 nitrogen and oxygen atoms in total. The summed E-state index contributed by atoms with van der Waals surface area (Å²) in [5, 5.41) is 7.39. The molecule has 0 aliphatic carbocycles. The smallest absolute Gasteiger partial charge is 0.227 e. The van der Waals surface area contributed by atoms with Crippen molar-refractivity contribution in [2.45, 2.75) is 12.8 Å². The zero-order valence-electron chi connectivity index (χ0n) is 13.8. The zero-order chi connectivity index (χ0) is 16.4. The van der Waals surface area contributed by atoms with Crippen LogP contribution >= 0.6 is 12.4 Å². The van der Waals surface area contributed by atoms with Gasteiger partial charge in [-0.05, 0) is 62.3 Å². The number of hydrogen-bond acceptors (Lipinski definition) is 3. The molecule has 0 unspecified atom stereocenters. The van der Waals surface area contributed by atoms with Crippen LogP contribution in [0.5, 0.6) is 0 Å². The normalized spacial score (nSPS) is 14.9. The summed E-state index contributed by atoms with van der Waals surface area (Å²) in [7, 11) is 0. The maximum absolute atomic E-state index is 12.3. The van der Waals surface area contributed by atoms with Crippen molar-refractivity contribution in [2.24, 2.45) is 5.92 Å². The number of rotatable bonds is 3. The van der Waals surface area contributed by atoms with Gasteiger partial charge in [0.25, 0.3) is 0 Å². The number of benzene rings is 2. The number of piperidine rings is 1. The molecule has 0 saturated carbocycles. The fourth-order valence-electron chi connectivity index (χ4n) is 3.17. The van der Waals surface area contributed by atoms with Gasteiger partial charge in [-0.2, -0.15) is 0 Å². The van der Waals surface area contributed by atoms with Gasteiger partial charge in [0.2, 0.25) is 5.91 Å². The second-order valence-electron chi connectivity index (χ2n) is 6.24. The highest BCUT2D eigenvalue weighted by Crippen LogP contribution is 2.28. The minimum Gasteiger partial charge on any atom is -0.456 e. The summed E-state index contributed by atoms with van der Waals surface area (Å²) in [6, 6.07) is 17.8. The number of amides is 1. The van der Waals surface area contributed by atoms with E-state index in [1.165, 1.54) is 0 Å². The first-order valence-electron chi connectivity index (χ1n) is 8.40. The molecule has 130 valence electrons. The maximum Gasteiger partial charge on any atom is 0.227 e. The SMILES string of the molecule is Cl.O=C(Nc1ccc(-c2cc3ccccc3o2)cc1)C1CCNCC1. The van der Waals surface area contributed by atoms with E-state index in [1.807, 2.05) is 54.6 Å². The fraction of sp³-hybridized carbons (Fsp3) is 0.250. The van der Waals surface area contributed by atoms with E-state index in [9.17, 15) is 4.79 Å². The van der Waals surface area contributed by atoms with Gasteiger partial charge in [-0.1, -0.05) is 18.2 Å². The third-order valence-corrected chi connectivity index (χ3v) is 4.57. The molecule has 2 aromatic carbocycles. The Hall–Kier alpha value is -2.30. The van der Waals surface area contributed by atoms with Crippen LogP contribution in [-0.2, 0) is 4.79 Å². The molecule has 2 N–H and O–H groups in total. The van der Waals surface area contributed by atoms with E-state index in [4.69, 9.17) is 4.42 Å². The molecule has 0 bridgehead atoms. The number of nitrogens with one attached hydrogen (secondary N) is 2. The summed E-state index contributed by atoms with van der Waals surface area (Å²) in [4.78, 5) is 12.3. The van der Waals surface area contributed by atoms with Gasteiger partial charge in [0.05, 0.1) is 0 Å². The van der Waals surface area contributed by atoms with Gasteiger partial charge < -0.3 is 15.1 Å². The first kappa shape index (κ1) is 17.5. The van der Waals surface area contributed by atoms with E-state index in [0.717, 1.165) is 53.9 Å². The van der Waals surface area contributed by atoms with Gasteiger partial charge >= 0.3 is 0 Å². The number of anilines is 1. The third kappa shape index (κ3) is 3.86. The van der Waals surface area contributed by atoms with Crippen LogP contribution in [0.15, 0.2) is 59.0 Å². The molecule has 1 amide bonds. The summed E-state index contributed by atoms with van der Waals surface area (Å²) in [6.07, 6.45) is 1.81. The van der Waals surface area contributed by atoms with Gasteiger partial charge in [0.15, 0.2) is 0 Å². The molecule has 1 aromatic heterocycles. The Bertz CT molecular complexity index is 819. The summed E-state index contributed by atoms with van der Waals surface area (Å²) >= 11 is 0. The molecule has 2 heterocycles. The molecule has 25 heavy (non-hydrogen) atoms. The Labute approximate surface area is 153 Å². The number of carbonyl (C=O) groups is 1. The highest BCUT2D eigenvalue weighted by Gasteiger charge is 2.20. The molecule has 1 aliphatic rings. The Kier molecular flexibility index (Phi) is 5.41. The van der Waals surface area contributed by atoms with Gasteiger partial charge in [0, 0.05) is 22.6 Å². The lowest BCUT2D eigenvalue weighted by atomic mass is 9.97. The highest BCUT2D eigenvalue weighted by molar-refractivity contribution is 5.93. The van der Waals surface area contributed by atoms with E-state index in [0.29, 0.717) is 0 Å². The minimum atomic E-state index is 0. The zero-order valence-corrected chi connectivity index (χ0v) is 14.6. The van der Waals surface area contributed by atoms with E-state index in [2.05, 4.69) is 10.6 Å². The van der Waals surface area contributed by atoms with E-state index in [1.54, 1.807) is 0 Å². The monoisotopic (exact) mass is 356 g/mol. The number of para-hydroxylation sites is 1. The lowest BCUT2D eigenvalue weighted by Crippen LogP contribution is -2.34. The van der Waals surface area contributed by atoms with Crippen LogP contribution in [0.3, 0.4) is 0 Å². The van der Waals surface area contributed by atoms with Crippen LogP contribution in [0, 0.1) is 5.92 Å². The average molecular weight is 357 g/mol. The van der Waals surface area contributed by atoms with Gasteiger partial charge in [-0.3, -0.25) is 4.79 Å². The molecule has 3 aromatic rings. The summed E-state index contributed by atoms with van der Waals surface area (Å²) in [5.74, 6) is 1.07. The molecule has 5 heteroatoms. The van der Waals surface area contributed by atoms with Crippen LogP contribution in [0.4, 0.5) is 5.69 Å². The van der Waals surface area contributed by atoms with Crippen molar-refractivity contribution < 1.29 is 9.21 Å². The van der Waals surface area contributed by atoms with E-state index < -0.39 is 0 Å². The second-order valence-corrected chi connectivity index (χ2v) is 6.24. The molecule has 0 spiro atoms. The Balaban J connectivity index is 0.00000182. The molecular weight excluding hydrogens is 336 g/mol. The number of fused-ring (bicyclic) bond motifs is 1. The minimum absolute atomic E-state index is 0. The summed E-state index contributed by atoms with van der Waals surface area (Å²) < 4.78 is 5.88. The van der Waals surface area contributed by atoms with Gasteiger partial charge in [-0.15, -0.1) is 12.4 Å². The molecule has 1 saturated heterocycles. The fourth-order valence-corrected chi connectivity index (χ4v) is 3.17. The predicted octanol–water partition coefficient (Wildman–Crippen LogP) is 4.46. The van der Waals surface area contributed by atoms with Crippen molar-refractivity contribution in [3.8, 4) is 11.3 Å². The number of furan rings is 1. The highest BCUT2D eigenvalue weighted by atomic mass is 35.5. The Morgan fingerprint density at radius 2 is 1.76 bits per heavy atom. The standard InChI is InChI=1S/C20H20N2O2.ClH/c23-20(15-9-11-21-12-10-15)22-17-7-5-14(6-8-17)19-13-16-3-1-2-4-18(16)24-19;/h1-8,13,15,21H,9-12H2,(H,22,23);1H. The second kappa shape index (κ2) is 7.72. The lowest BCUT2D eigenvalue weighted by Gasteiger charge is -2.21. The molecule has 0 atom stereocenters. The summed E-state index contributed by atoms with van der Waals surface area (Å²) in [5.41, 5.74) is 2.72. The number of hydrogen-bond donors (Lipinski definition) is 2. The van der Waals surface area contributed by atoms with Crippen molar-refractivity contribution in [1.82, 2.24) is 5.32 Å².